The molecule has 2 aromatic carbocycles. The fourth-order valence-electron chi connectivity index (χ4n) is 3.36. The van der Waals surface area contributed by atoms with Gasteiger partial charge in [0, 0.05) is 31.9 Å². The zero-order valence-corrected chi connectivity index (χ0v) is 16.2. The first-order valence-electron chi connectivity index (χ1n) is 9.54. The molecular formula is C22H22FN5O. The Hall–Kier alpha value is -3.48. The smallest absolute Gasteiger partial charge is 0.274 e. The number of aryl methyl sites for hydroxylation is 1. The van der Waals surface area contributed by atoms with Crippen LogP contribution in [0, 0.1) is 12.7 Å². The molecule has 1 saturated heterocycles. The van der Waals surface area contributed by atoms with Crippen LogP contribution in [0.2, 0.25) is 0 Å². The number of nitrogens with one attached hydrogen (secondary N) is 1. The molecule has 0 unspecified atom stereocenters. The predicted molar refractivity (Wildman–Crippen MR) is 111 cm³/mol. The molecule has 1 aliphatic rings. The van der Waals surface area contributed by atoms with Gasteiger partial charge in [-0.25, -0.2) is 14.4 Å². The maximum atomic E-state index is 13.7. The zero-order chi connectivity index (χ0) is 20.2. The van der Waals surface area contributed by atoms with Crippen molar-refractivity contribution in [3.63, 3.8) is 0 Å². The van der Waals surface area contributed by atoms with E-state index in [0.29, 0.717) is 24.6 Å². The van der Waals surface area contributed by atoms with Gasteiger partial charge >= 0.3 is 0 Å². The number of anilines is 3. The molecule has 7 heteroatoms. The monoisotopic (exact) mass is 391 g/mol. The average molecular weight is 391 g/mol. The van der Waals surface area contributed by atoms with E-state index in [2.05, 4.69) is 51.4 Å². The zero-order valence-electron chi connectivity index (χ0n) is 16.2. The third kappa shape index (κ3) is 4.34. The van der Waals surface area contributed by atoms with E-state index in [0.717, 1.165) is 13.1 Å². The lowest BCUT2D eigenvalue weighted by atomic mass is 10.2. The van der Waals surface area contributed by atoms with E-state index in [1.54, 1.807) is 23.1 Å². The van der Waals surface area contributed by atoms with Crippen molar-refractivity contribution in [1.82, 2.24) is 14.9 Å². The van der Waals surface area contributed by atoms with Crippen LogP contribution < -0.4 is 10.2 Å². The highest BCUT2D eigenvalue weighted by molar-refractivity contribution is 5.92. The van der Waals surface area contributed by atoms with Gasteiger partial charge in [-0.3, -0.25) is 4.79 Å². The van der Waals surface area contributed by atoms with Crippen molar-refractivity contribution in [2.24, 2.45) is 0 Å². The van der Waals surface area contributed by atoms with Crippen molar-refractivity contribution in [2.45, 2.75) is 6.92 Å². The first kappa shape index (κ1) is 18.9. The molecule has 0 radical (unpaired) electrons. The van der Waals surface area contributed by atoms with Crippen molar-refractivity contribution >= 4 is 23.1 Å². The van der Waals surface area contributed by atoms with Gasteiger partial charge in [0.25, 0.3) is 5.91 Å². The second-order valence-electron chi connectivity index (χ2n) is 7.01. The normalized spacial score (nSPS) is 14.0. The minimum atomic E-state index is -0.374. The van der Waals surface area contributed by atoms with Crippen LogP contribution >= 0.6 is 0 Å². The maximum absolute atomic E-state index is 13.7. The molecular weight excluding hydrogens is 369 g/mol. The first-order chi connectivity index (χ1) is 14.1. The Morgan fingerprint density at radius 3 is 2.48 bits per heavy atom. The summed E-state index contributed by atoms with van der Waals surface area (Å²) in [6.45, 7) is 4.88. The van der Waals surface area contributed by atoms with E-state index in [1.165, 1.54) is 29.7 Å². The van der Waals surface area contributed by atoms with E-state index in [9.17, 15) is 9.18 Å². The summed E-state index contributed by atoms with van der Waals surface area (Å²) in [4.78, 5) is 25.2. The largest absolute Gasteiger partial charge is 0.368 e. The maximum Gasteiger partial charge on any atom is 0.274 e. The van der Waals surface area contributed by atoms with Crippen molar-refractivity contribution in [1.29, 1.82) is 0 Å². The summed E-state index contributed by atoms with van der Waals surface area (Å²) in [6, 6.07) is 14.7. The molecule has 1 fully saturated rings. The lowest BCUT2D eigenvalue weighted by Crippen LogP contribution is -2.49. The van der Waals surface area contributed by atoms with Crippen LogP contribution in [0.4, 0.5) is 21.6 Å². The molecule has 0 aliphatic carbocycles. The third-order valence-electron chi connectivity index (χ3n) is 4.94. The molecule has 1 aromatic heterocycles. The SMILES string of the molecule is Cc1cccc(N2CCN(C(=O)c3cnc(Nc4ccccc4F)cn3)CC2)c1. The van der Waals surface area contributed by atoms with Gasteiger partial charge in [-0.2, -0.15) is 0 Å². The number of carbonyl (C=O) groups is 1. The molecule has 0 bridgehead atoms. The van der Waals surface area contributed by atoms with Gasteiger partial charge in [-0.1, -0.05) is 24.3 Å². The van der Waals surface area contributed by atoms with Gasteiger partial charge in [0.15, 0.2) is 0 Å². The summed E-state index contributed by atoms with van der Waals surface area (Å²) >= 11 is 0. The van der Waals surface area contributed by atoms with Crippen molar-refractivity contribution < 1.29 is 9.18 Å². The van der Waals surface area contributed by atoms with Crippen LogP contribution in [-0.2, 0) is 0 Å². The number of benzene rings is 2. The highest BCUT2D eigenvalue weighted by atomic mass is 19.1. The number of carbonyl (C=O) groups excluding carboxylic acids is 1. The number of halogens is 1. The van der Waals surface area contributed by atoms with Crippen LogP contribution in [0.25, 0.3) is 0 Å². The Morgan fingerprint density at radius 2 is 1.79 bits per heavy atom. The Morgan fingerprint density at radius 1 is 1.00 bits per heavy atom. The predicted octanol–water partition coefficient (Wildman–Crippen LogP) is 3.63. The molecule has 148 valence electrons. The molecule has 0 spiro atoms. The van der Waals surface area contributed by atoms with Gasteiger partial charge in [0.1, 0.15) is 17.3 Å². The van der Waals surface area contributed by atoms with Gasteiger partial charge in [0.2, 0.25) is 0 Å². The molecule has 6 nitrogen and oxygen atoms in total. The molecule has 0 saturated carbocycles. The average Bonchev–Trinajstić information content (AvgIpc) is 2.75. The van der Waals surface area contributed by atoms with Crippen LogP contribution in [-0.4, -0.2) is 47.0 Å². The van der Waals surface area contributed by atoms with Gasteiger partial charge in [0.05, 0.1) is 18.1 Å². The quantitative estimate of drug-likeness (QED) is 0.736. The Bertz CT molecular complexity index is 1000. The highest BCUT2D eigenvalue weighted by Gasteiger charge is 2.23. The number of nitrogens with zero attached hydrogens (tertiary/aromatic N) is 4. The summed E-state index contributed by atoms with van der Waals surface area (Å²) in [5.41, 5.74) is 3.00. The molecule has 0 atom stereocenters. The number of hydrogen-bond donors (Lipinski definition) is 1. The van der Waals surface area contributed by atoms with Crippen molar-refractivity contribution in [3.05, 3.63) is 78.0 Å². The lowest BCUT2D eigenvalue weighted by Gasteiger charge is -2.36. The number of rotatable bonds is 4. The Balaban J connectivity index is 1.37. The minimum Gasteiger partial charge on any atom is -0.368 e. The fourth-order valence-corrected chi connectivity index (χ4v) is 3.36. The van der Waals surface area contributed by atoms with Crippen LogP contribution in [0.15, 0.2) is 60.9 Å². The third-order valence-corrected chi connectivity index (χ3v) is 4.94. The molecule has 1 N–H and O–H groups in total. The van der Waals surface area contributed by atoms with Crippen LogP contribution in [0.1, 0.15) is 16.1 Å². The number of para-hydroxylation sites is 1. The van der Waals surface area contributed by atoms with E-state index in [1.807, 2.05) is 0 Å². The van der Waals surface area contributed by atoms with Crippen molar-refractivity contribution in [2.75, 3.05) is 36.4 Å². The minimum absolute atomic E-state index is 0.140. The summed E-state index contributed by atoms with van der Waals surface area (Å²) in [7, 11) is 0. The summed E-state index contributed by atoms with van der Waals surface area (Å²) < 4.78 is 13.7. The van der Waals surface area contributed by atoms with Crippen LogP contribution in [0.5, 0.6) is 0 Å². The van der Waals surface area contributed by atoms with Crippen LogP contribution in [0.3, 0.4) is 0 Å². The topological polar surface area (TPSA) is 61.4 Å². The number of amides is 1. The molecule has 1 aliphatic heterocycles. The Kier molecular flexibility index (Phi) is 5.37. The first-order valence-corrected chi connectivity index (χ1v) is 9.54. The number of piperazine rings is 1. The molecule has 1 amide bonds. The molecule has 2 heterocycles. The second kappa shape index (κ2) is 8.26. The summed E-state index contributed by atoms with van der Waals surface area (Å²) in [5, 5.41) is 2.87. The van der Waals surface area contributed by atoms with Gasteiger partial charge < -0.3 is 15.1 Å². The second-order valence-corrected chi connectivity index (χ2v) is 7.01. The summed E-state index contributed by atoms with van der Waals surface area (Å²) in [6.07, 6.45) is 2.88. The highest BCUT2D eigenvalue weighted by Crippen LogP contribution is 2.19. The molecule has 3 aromatic rings. The van der Waals surface area contributed by atoms with E-state index < -0.39 is 0 Å². The van der Waals surface area contributed by atoms with Gasteiger partial charge in [-0.15, -0.1) is 0 Å². The van der Waals surface area contributed by atoms with Crippen molar-refractivity contribution in [3.8, 4) is 0 Å². The molecule has 29 heavy (non-hydrogen) atoms. The van der Waals surface area contributed by atoms with E-state index >= 15 is 0 Å². The number of hydrogen-bond acceptors (Lipinski definition) is 5. The Labute approximate surface area is 169 Å². The molecule has 4 rings (SSSR count). The number of aromatic nitrogens is 2. The van der Waals surface area contributed by atoms with E-state index in [-0.39, 0.29) is 17.4 Å². The fraction of sp³-hybridized carbons (Fsp3) is 0.227. The standard InChI is InChI=1S/C22H22FN5O/c1-16-5-4-6-17(13-16)27-9-11-28(12-10-27)22(29)20-14-25-21(15-24-20)26-19-8-3-2-7-18(19)23/h2-8,13-15H,9-12H2,1H3,(H,25,26). The summed E-state index contributed by atoms with van der Waals surface area (Å²) in [5.74, 6) is -0.129. The van der Waals surface area contributed by atoms with E-state index in [4.69, 9.17) is 0 Å². The lowest BCUT2D eigenvalue weighted by molar-refractivity contribution is 0.0740. The van der Waals surface area contributed by atoms with Gasteiger partial charge in [-0.05, 0) is 36.8 Å².